The van der Waals surface area contributed by atoms with Crippen LogP contribution in [-0.4, -0.2) is 50.5 Å². The highest BCUT2D eigenvalue weighted by Gasteiger charge is 2.33. The van der Waals surface area contributed by atoms with Crippen molar-refractivity contribution in [1.82, 2.24) is 10.2 Å². The van der Waals surface area contributed by atoms with Gasteiger partial charge in [0.1, 0.15) is 12.6 Å². The van der Waals surface area contributed by atoms with E-state index in [1.165, 1.54) is 4.90 Å². The van der Waals surface area contributed by atoms with Gasteiger partial charge in [-0.25, -0.2) is 8.42 Å². The van der Waals surface area contributed by atoms with Crippen LogP contribution in [0.2, 0.25) is 5.02 Å². The molecular formula is C31H38ClN3O4S. The van der Waals surface area contributed by atoms with Gasteiger partial charge in [0.05, 0.1) is 11.9 Å². The van der Waals surface area contributed by atoms with Crippen LogP contribution in [0, 0.1) is 13.8 Å². The molecule has 0 aliphatic rings. The van der Waals surface area contributed by atoms with Crippen molar-refractivity contribution in [1.29, 1.82) is 0 Å². The molecule has 0 bridgehead atoms. The number of carbonyl (C=O) groups excluding carboxylic acids is 2. The number of unbranched alkanes of at least 4 members (excludes halogenated alkanes) is 1. The number of amides is 2. The molecule has 2 amide bonds. The molecule has 0 aliphatic heterocycles. The van der Waals surface area contributed by atoms with Gasteiger partial charge in [0.2, 0.25) is 21.8 Å². The summed E-state index contributed by atoms with van der Waals surface area (Å²) in [6, 6.07) is 21.1. The molecule has 0 radical (unpaired) electrons. The SMILES string of the molecule is CCCCNC(=O)[C@H](Cc1ccccc1)N(Cc1ccc(Cl)cc1)C(=O)CN(c1cccc(C)c1C)S(C)(=O)=O. The summed E-state index contributed by atoms with van der Waals surface area (Å²) in [5, 5.41) is 3.53. The maximum atomic E-state index is 14.1. The first-order chi connectivity index (χ1) is 19.0. The third kappa shape index (κ3) is 8.57. The van der Waals surface area contributed by atoms with Gasteiger partial charge in [-0.3, -0.25) is 13.9 Å². The Balaban J connectivity index is 2.05. The highest BCUT2D eigenvalue weighted by Crippen LogP contribution is 2.26. The van der Waals surface area contributed by atoms with Crippen molar-refractivity contribution in [3.63, 3.8) is 0 Å². The fourth-order valence-corrected chi connectivity index (χ4v) is 5.47. The quantitative estimate of drug-likeness (QED) is 0.277. The van der Waals surface area contributed by atoms with Gasteiger partial charge in [0.15, 0.2) is 0 Å². The second-order valence-corrected chi connectivity index (χ2v) is 12.3. The second kappa shape index (κ2) is 14.3. The Kier molecular flexibility index (Phi) is 11.2. The van der Waals surface area contributed by atoms with Crippen molar-refractivity contribution in [2.45, 2.75) is 52.6 Å². The zero-order valence-corrected chi connectivity index (χ0v) is 25.1. The number of benzene rings is 3. The van der Waals surface area contributed by atoms with E-state index in [1.54, 1.807) is 36.4 Å². The van der Waals surface area contributed by atoms with E-state index in [2.05, 4.69) is 5.32 Å². The number of rotatable bonds is 13. The van der Waals surface area contributed by atoms with Crippen LogP contribution in [0.1, 0.15) is 42.0 Å². The number of halogens is 1. The topological polar surface area (TPSA) is 86.8 Å². The van der Waals surface area contributed by atoms with Crippen molar-refractivity contribution in [2.75, 3.05) is 23.7 Å². The minimum atomic E-state index is -3.82. The molecule has 1 N–H and O–H groups in total. The molecule has 0 spiro atoms. The predicted octanol–water partition coefficient (Wildman–Crippen LogP) is 5.28. The van der Waals surface area contributed by atoms with Crippen molar-refractivity contribution < 1.29 is 18.0 Å². The van der Waals surface area contributed by atoms with Crippen LogP contribution in [0.15, 0.2) is 72.8 Å². The van der Waals surface area contributed by atoms with Crippen LogP contribution in [0.5, 0.6) is 0 Å². The summed E-state index contributed by atoms with van der Waals surface area (Å²) in [5.74, 6) is -0.759. The fourth-order valence-electron chi connectivity index (χ4n) is 4.45. The Hall–Kier alpha value is -3.36. The first kappa shape index (κ1) is 31.2. The number of nitrogens with zero attached hydrogens (tertiary/aromatic N) is 2. The Morgan fingerprint density at radius 2 is 1.60 bits per heavy atom. The first-order valence-corrected chi connectivity index (χ1v) is 15.6. The van der Waals surface area contributed by atoms with Crippen molar-refractivity contribution in [3.05, 3.63) is 100 Å². The Morgan fingerprint density at radius 3 is 2.23 bits per heavy atom. The van der Waals surface area contributed by atoms with E-state index < -0.39 is 28.5 Å². The van der Waals surface area contributed by atoms with Crippen molar-refractivity contribution in [3.8, 4) is 0 Å². The zero-order chi connectivity index (χ0) is 29.3. The summed E-state index contributed by atoms with van der Waals surface area (Å²) in [4.78, 5) is 29.2. The zero-order valence-electron chi connectivity index (χ0n) is 23.6. The largest absolute Gasteiger partial charge is 0.354 e. The molecule has 0 aromatic heterocycles. The molecule has 0 saturated carbocycles. The molecule has 214 valence electrons. The first-order valence-electron chi connectivity index (χ1n) is 13.4. The van der Waals surface area contributed by atoms with Crippen molar-refractivity contribution in [2.24, 2.45) is 0 Å². The maximum absolute atomic E-state index is 14.1. The van der Waals surface area contributed by atoms with Gasteiger partial charge in [0, 0.05) is 24.5 Å². The summed E-state index contributed by atoms with van der Waals surface area (Å²) in [5.41, 5.74) is 3.78. The average molecular weight is 584 g/mol. The molecule has 0 aliphatic carbocycles. The average Bonchev–Trinajstić information content (AvgIpc) is 2.92. The summed E-state index contributed by atoms with van der Waals surface area (Å²) in [6.07, 6.45) is 3.09. The number of carbonyl (C=O) groups is 2. The minimum absolute atomic E-state index is 0.110. The monoisotopic (exact) mass is 583 g/mol. The standard InChI is InChI=1S/C31H38ClN3O4S/c1-5-6-19-33-31(37)29(20-25-12-8-7-9-13-25)34(21-26-15-17-27(32)18-16-26)30(36)22-35(40(4,38)39)28-14-10-11-23(2)24(28)3/h7-18,29H,5-6,19-22H2,1-4H3,(H,33,37)/t29-/m0/s1. The van der Waals surface area contributed by atoms with Crippen LogP contribution in [0.25, 0.3) is 0 Å². The summed E-state index contributed by atoms with van der Waals surface area (Å²) >= 11 is 6.10. The molecule has 3 aromatic rings. The molecule has 0 saturated heterocycles. The second-order valence-electron chi connectivity index (χ2n) is 9.99. The Bertz CT molecular complexity index is 1400. The van der Waals surface area contributed by atoms with E-state index in [9.17, 15) is 18.0 Å². The number of aryl methyl sites for hydroxylation is 1. The highest BCUT2D eigenvalue weighted by atomic mass is 35.5. The van der Waals surface area contributed by atoms with E-state index in [1.807, 2.05) is 57.2 Å². The van der Waals surface area contributed by atoms with Crippen LogP contribution in [0.4, 0.5) is 5.69 Å². The molecule has 0 fully saturated rings. The van der Waals surface area contributed by atoms with Gasteiger partial charge < -0.3 is 10.2 Å². The Labute approximate surface area is 243 Å². The molecule has 1 atom stereocenters. The normalized spacial score (nSPS) is 12.0. The third-order valence-electron chi connectivity index (χ3n) is 6.89. The molecule has 3 rings (SSSR count). The molecule has 0 heterocycles. The lowest BCUT2D eigenvalue weighted by atomic mass is 10.0. The van der Waals surface area contributed by atoms with Gasteiger partial charge in [-0.15, -0.1) is 0 Å². The number of hydrogen-bond acceptors (Lipinski definition) is 4. The Morgan fingerprint density at radius 1 is 0.925 bits per heavy atom. The smallest absolute Gasteiger partial charge is 0.244 e. The maximum Gasteiger partial charge on any atom is 0.244 e. The van der Waals surface area contributed by atoms with Crippen molar-refractivity contribution >= 4 is 39.1 Å². The summed E-state index contributed by atoms with van der Waals surface area (Å²) in [7, 11) is -3.82. The number of sulfonamides is 1. The van der Waals surface area contributed by atoms with Crippen LogP contribution < -0.4 is 9.62 Å². The molecule has 7 nitrogen and oxygen atoms in total. The molecular weight excluding hydrogens is 546 g/mol. The van der Waals surface area contributed by atoms with Gasteiger partial charge in [-0.2, -0.15) is 0 Å². The van der Waals surface area contributed by atoms with Gasteiger partial charge in [-0.1, -0.05) is 79.5 Å². The predicted molar refractivity (Wildman–Crippen MR) is 162 cm³/mol. The summed E-state index contributed by atoms with van der Waals surface area (Å²) in [6.45, 7) is 5.92. The van der Waals surface area contributed by atoms with E-state index >= 15 is 0 Å². The van der Waals surface area contributed by atoms with Crippen LogP contribution in [-0.2, 0) is 32.6 Å². The molecule has 3 aromatic carbocycles. The fraction of sp³-hybridized carbons (Fsp3) is 0.355. The van der Waals surface area contributed by atoms with Crippen LogP contribution in [0.3, 0.4) is 0 Å². The number of anilines is 1. The highest BCUT2D eigenvalue weighted by molar-refractivity contribution is 7.92. The third-order valence-corrected chi connectivity index (χ3v) is 8.27. The lowest BCUT2D eigenvalue weighted by molar-refractivity contribution is -0.140. The van der Waals surface area contributed by atoms with E-state index in [0.29, 0.717) is 17.3 Å². The van der Waals surface area contributed by atoms with Gasteiger partial charge >= 0.3 is 0 Å². The molecule has 0 unspecified atom stereocenters. The molecule has 40 heavy (non-hydrogen) atoms. The minimum Gasteiger partial charge on any atom is -0.354 e. The van der Waals surface area contributed by atoms with E-state index in [0.717, 1.165) is 45.7 Å². The van der Waals surface area contributed by atoms with Gasteiger partial charge in [0.25, 0.3) is 0 Å². The van der Waals surface area contributed by atoms with Gasteiger partial charge in [-0.05, 0) is 60.7 Å². The van der Waals surface area contributed by atoms with E-state index in [-0.39, 0.29) is 18.9 Å². The van der Waals surface area contributed by atoms with E-state index in [4.69, 9.17) is 11.6 Å². The summed E-state index contributed by atoms with van der Waals surface area (Å²) < 4.78 is 27.1. The molecule has 9 heteroatoms. The lowest BCUT2D eigenvalue weighted by Crippen LogP contribution is -2.53. The lowest BCUT2D eigenvalue weighted by Gasteiger charge is -2.34. The number of nitrogens with one attached hydrogen (secondary N) is 1. The number of hydrogen-bond donors (Lipinski definition) is 1. The van der Waals surface area contributed by atoms with Crippen LogP contribution >= 0.6 is 11.6 Å².